The van der Waals surface area contributed by atoms with E-state index in [1.807, 2.05) is 0 Å². The van der Waals surface area contributed by atoms with Crippen molar-refractivity contribution in [2.75, 3.05) is 18.9 Å². The van der Waals surface area contributed by atoms with Crippen LogP contribution in [0.4, 0.5) is 0 Å². The van der Waals surface area contributed by atoms with Crippen LogP contribution in [0.1, 0.15) is 12.8 Å². The molecule has 0 unspecified atom stereocenters. The van der Waals surface area contributed by atoms with Gasteiger partial charge in [-0.2, -0.15) is 0 Å². The average Bonchev–Trinajstić information content (AvgIpc) is 1.90. The molecule has 0 aromatic heterocycles. The fourth-order valence-electron chi connectivity index (χ4n) is 1.55. The van der Waals surface area contributed by atoms with Gasteiger partial charge in [-0.1, -0.05) is 0 Å². The normalized spacial score (nSPS) is 49.6. The van der Waals surface area contributed by atoms with Crippen molar-refractivity contribution in [1.82, 2.24) is 0 Å². The van der Waals surface area contributed by atoms with Crippen LogP contribution in [0, 0.1) is 5.92 Å². The van der Waals surface area contributed by atoms with Crippen molar-refractivity contribution in [3.8, 4) is 0 Å². The van der Waals surface area contributed by atoms with E-state index in [4.69, 9.17) is 4.52 Å². The van der Waals surface area contributed by atoms with Crippen LogP contribution in [0.2, 0.25) is 0 Å². The summed E-state index contributed by atoms with van der Waals surface area (Å²) in [7, 11) is -2.03. The van der Waals surface area contributed by atoms with E-state index < -0.39 is 7.37 Å². The summed E-state index contributed by atoms with van der Waals surface area (Å²) >= 11 is 0. The minimum absolute atomic E-state index is 0.737. The lowest BCUT2D eigenvalue weighted by atomic mass is 10.0. The van der Waals surface area contributed by atoms with Gasteiger partial charge in [0.1, 0.15) is 0 Å². The predicted octanol–water partition coefficient (Wildman–Crippen LogP) is 1.70. The van der Waals surface area contributed by atoms with E-state index in [1.54, 1.807) is 0 Å². The molecule has 0 amide bonds. The van der Waals surface area contributed by atoms with Gasteiger partial charge >= 0.3 is 0 Å². The lowest BCUT2D eigenvalue weighted by Crippen LogP contribution is -2.26. The summed E-state index contributed by atoms with van der Waals surface area (Å²) in [6, 6.07) is 0. The highest BCUT2D eigenvalue weighted by molar-refractivity contribution is 7.59. The Morgan fingerprint density at radius 3 is 2.22 bits per heavy atom. The first-order valence-electron chi connectivity index (χ1n) is 3.51. The van der Waals surface area contributed by atoms with Gasteiger partial charge in [0.15, 0.2) is 0 Å². The fraction of sp³-hybridized carbons (Fsp3) is 1.00. The molecule has 0 atom stereocenters. The Kier molecular flexibility index (Phi) is 1.21. The fourth-order valence-corrected chi connectivity index (χ4v) is 4.03. The second kappa shape index (κ2) is 1.83. The number of rotatable bonds is 0. The van der Waals surface area contributed by atoms with Crippen LogP contribution in [0.5, 0.6) is 0 Å². The molecule has 3 aliphatic heterocycles. The zero-order chi connectivity index (χ0) is 6.32. The molecular weight excluding hydrogens is 135 g/mol. The maximum absolute atomic E-state index is 11.4. The zero-order valence-electron chi connectivity index (χ0n) is 5.38. The van der Waals surface area contributed by atoms with E-state index in [0.717, 1.165) is 37.7 Å². The second-order valence-electron chi connectivity index (χ2n) is 3.00. The molecule has 0 aromatic carbocycles. The average molecular weight is 146 g/mol. The van der Waals surface area contributed by atoms with Gasteiger partial charge in [0.2, 0.25) is 7.37 Å². The highest BCUT2D eigenvalue weighted by Crippen LogP contribution is 2.57. The molecule has 9 heavy (non-hydrogen) atoms. The highest BCUT2D eigenvalue weighted by Gasteiger charge is 2.36. The highest BCUT2D eigenvalue weighted by atomic mass is 31.2. The van der Waals surface area contributed by atoms with Crippen LogP contribution in [-0.2, 0) is 9.09 Å². The van der Waals surface area contributed by atoms with Gasteiger partial charge in [-0.25, -0.2) is 0 Å². The van der Waals surface area contributed by atoms with Crippen molar-refractivity contribution < 1.29 is 9.09 Å². The molecule has 0 N–H and O–H groups in total. The third kappa shape index (κ3) is 0.948. The first-order chi connectivity index (χ1) is 4.29. The summed E-state index contributed by atoms with van der Waals surface area (Å²) in [5.41, 5.74) is 0. The minimum atomic E-state index is -2.03. The molecule has 2 bridgehead atoms. The molecule has 0 aromatic rings. The molecule has 0 spiro atoms. The van der Waals surface area contributed by atoms with Gasteiger partial charge < -0.3 is 4.52 Å². The Hall–Kier alpha value is 0.190. The second-order valence-corrected chi connectivity index (χ2v) is 5.78. The summed E-state index contributed by atoms with van der Waals surface area (Å²) in [6.45, 7) is 0.775. The summed E-state index contributed by atoms with van der Waals surface area (Å²) < 4.78 is 16.6. The number of fused-ring (bicyclic) bond motifs is 3. The monoisotopic (exact) mass is 146 g/mol. The molecule has 0 aliphatic carbocycles. The third-order valence-corrected chi connectivity index (χ3v) is 4.80. The van der Waals surface area contributed by atoms with Crippen molar-refractivity contribution in [3.63, 3.8) is 0 Å². The van der Waals surface area contributed by atoms with E-state index in [-0.39, 0.29) is 0 Å². The zero-order valence-corrected chi connectivity index (χ0v) is 6.27. The maximum Gasteiger partial charge on any atom is 0.203 e. The first kappa shape index (κ1) is 5.94. The summed E-state index contributed by atoms with van der Waals surface area (Å²) in [5.74, 6) is 0.737. The standard InChI is InChI=1S/C6H11O2P/c7-9-3-1-6(2-4-9)5-8-9/h6H,1-5H2. The minimum Gasteiger partial charge on any atom is -0.328 e. The van der Waals surface area contributed by atoms with Gasteiger partial charge in [-0.3, -0.25) is 4.57 Å². The van der Waals surface area contributed by atoms with Gasteiger partial charge in [0, 0.05) is 12.3 Å². The van der Waals surface area contributed by atoms with Gasteiger partial charge in [-0.05, 0) is 18.8 Å². The largest absolute Gasteiger partial charge is 0.328 e. The lowest BCUT2D eigenvalue weighted by Gasteiger charge is -2.35. The molecule has 2 nitrogen and oxygen atoms in total. The SMILES string of the molecule is O=P12CCC(CC1)CO2. The van der Waals surface area contributed by atoms with E-state index in [0.29, 0.717) is 0 Å². The molecule has 3 rings (SSSR count). The van der Waals surface area contributed by atoms with Gasteiger partial charge in [0.25, 0.3) is 0 Å². The molecule has 52 valence electrons. The Labute approximate surface area is 55.0 Å². The maximum atomic E-state index is 11.4. The van der Waals surface area contributed by atoms with Crippen LogP contribution in [-0.4, -0.2) is 18.9 Å². The van der Waals surface area contributed by atoms with E-state index in [1.165, 1.54) is 0 Å². The third-order valence-electron chi connectivity index (χ3n) is 2.30. The van der Waals surface area contributed by atoms with Gasteiger partial charge in [0.05, 0.1) is 6.61 Å². The summed E-state index contributed by atoms with van der Waals surface area (Å²) in [6.07, 6.45) is 4.02. The molecule has 0 radical (unpaired) electrons. The molecule has 3 aliphatic rings. The molecule has 3 heteroatoms. The molecular formula is C6H11O2P. The molecule has 3 fully saturated rings. The lowest BCUT2D eigenvalue weighted by molar-refractivity contribution is 0.194. The van der Waals surface area contributed by atoms with Gasteiger partial charge in [-0.15, -0.1) is 0 Å². The summed E-state index contributed by atoms with van der Waals surface area (Å²) in [4.78, 5) is 0. The van der Waals surface area contributed by atoms with E-state index >= 15 is 0 Å². The van der Waals surface area contributed by atoms with Crippen LogP contribution in [0.3, 0.4) is 0 Å². The van der Waals surface area contributed by atoms with Crippen LogP contribution in [0.15, 0.2) is 0 Å². The molecule has 0 saturated carbocycles. The van der Waals surface area contributed by atoms with Crippen molar-refractivity contribution >= 4 is 7.37 Å². The quantitative estimate of drug-likeness (QED) is 0.486. The topological polar surface area (TPSA) is 26.3 Å². The Morgan fingerprint density at radius 2 is 2.00 bits per heavy atom. The van der Waals surface area contributed by atoms with Crippen molar-refractivity contribution in [2.45, 2.75) is 12.8 Å². The van der Waals surface area contributed by atoms with E-state index in [9.17, 15) is 4.57 Å². The summed E-state index contributed by atoms with van der Waals surface area (Å²) in [5, 5.41) is 0. The number of hydrogen-bond acceptors (Lipinski definition) is 2. The van der Waals surface area contributed by atoms with Crippen molar-refractivity contribution in [3.05, 3.63) is 0 Å². The Balaban J connectivity index is 2.20. The first-order valence-corrected chi connectivity index (χ1v) is 5.51. The molecule has 3 heterocycles. The van der Waals surface area contributed by atoms with Crippen LogP contribution >= 0.6 is 7.37 Å². The van der Waals surface area contributed by atoms with Crippen LogP contribution in [0.25, 0.3) is 0 Å². The smallest absolute Gasteiger partial charge is 0.203 e. The molecule has 3 saturated heterocycles. The number of hydrogen-bond donors (Lipinski definition) is 0. The van der Waals surface area contributed by atoms with Crippen LogP contribution < -0.4 is 0 Å². The predicted molar refractivity (Wildman–Crippen MR) is 36.0 cm³/mol. The Morgan fingerprint density at radius 1 is 1.33 bits per heavy atom. The van der Waals surface area contributed by atoms with Crippen molar-refractivity contribution in [2.24, 2.45) is 5.92 Å². The van der Waals surface area contributed by atoms with Crippen molar-refractivity contribution in [1.29, 1.82) is 0 Å². The van der Waals surface area contributed by atoms with E-state index in [2.05, 4.69) is 0 Å². The Bertz CT molecular complexity index is 138.